The van der Waals surface area contributed by atoms with Crippen LogP contribution in [0.4, 0.5) is 4.79 Å². The molecule has 1 aliphatic rings. The predicted octanol–water partition coefficient (Wildman–Crippen LogP) is 3.58. The highest BCUT2D eigenvalue weighted by Gasteiger charge is 2.37. The molecule has 4 rings (SSSR count). The van der Waals surface area contributed by atoms with Crippen LogP contribution in [0.2, 0.25) is 5.02 Å². The number of benzene rings is 2. The zero-order chi connectivity index (χ0) is 20.0. The summed E-state index contributed by atoms with van der Waals surface area (Å²) in [4.78, 5) is 38.4. The molecular weight excluding hydrogens is 382 g/mol. The van der Waals surface area contributed by atoms with Crippen LogP contribution >= 0.6 is 11.6 Å². The average molecular weight is 396 g/mol. The zero-order valence-corrected chi connectivity index (χ0v) is 15.7. The number of imide groups is 2. The molecule has 2 heterocycles. The van der Waals surface area contributed by atoms with Gasteiger partial charge in [0.2, 0.25) is 0 Å². The van der Waals surface area contributed by atoms with E-state index in [1.165, 1.54) is 20.2 Å². The Balaban J connectivity index is 1.80. The van der Waals surface area contributed by atoms with Crippen molar-refractivity contribution in [3.63, 3.8) is 0 Å². The van der Waals surface area contributed by atoms with Crippen molar-refractivity contribution in [1.29, 1.82) is 0 Å². The second kappa shape index (κ2) is 6.61. The summed E-state index contributed by atoms with van der Waals surface area (Å²) in [7, 11) is 2.67. The van der Waals surface area contributed by atoms with Gasteiger partial charge in [-0.3, -0.25) is 19.4 Å². The Hall–Kier alpha value is -3.45. The van der Waals surface area contributed by atoms with Gasteiger partial charge in [-0.05, 0) is 48.0 Å². The van der Waals surface area contributed by atoms with Gasteiger partial charge in [0.05, 0.1) is 5.39 Å². The summed E-state index contributed by atoms with van der Waals surface area (Å²) in [5.74, 6) is -0.731. The van der Waals surface area contributed by atoms with E-state index in [0.717, 1.165) is 20.7 Å². The van der Waals surface area contributed by atoms with Crippen LogP contribution in [-0.4, -0.2) is 46.9 Å². The molecular formula is C20H14ClN3O4. The first-order chi connectivity index (χ1) is 13.4. The van der Waals surface area contributed by atoms with E-state index < -0.39 is 17.8 Å². The van der Waals surface area contributed by atoms with Crippen LogP contribution in [0.15, 0.2) is 52.6 Å². The van der Waals surface area contributed by atoms with E-state index >= 15 is 0 Å². The van der Waals surface area contributed by atoms with E-state index in [1.54, 1.807) is 30.3 Å². The van der Waals surface area contributed by atoms with Crippen molar-refractivity contribution < 1.29 is 18.9 Å². The molecule has 28 heavy (non-hydrogen) atoms. The number of barbiturate groups is 1. The van der Waals surface area contributed by atoms with E-state index in [0.29, 0.717) is 21.9 Å². The summed E-state index contributed by atoms with van der Waals surface area (Å²) in [6.07, 6.45) is 1.46. The SMILES string of the molecule is CN1C(=O)C(=Cc2ccc3noc(-c4ccc(Cl)cc4)c3c2)C(=O)N(C)C1=O. The van der Waals surface area contributed by atoms with Crippen molar-refractivity contribution >= 4 is 46.4 Å². The van der Waals surface area contributed by atoms with E-state index in [9.17, 15) is 14.4 Å². The molecule has 0 spiro atoms. The molecule has 0 aliphatic carbocycles. The van der Waals surface area contributed by atoms with E-state index in [-0.39, 0.29) is 5.57 Å². The molecule has 0 unspecified atom stereocenters. The minimum atomic E-state index is -0.660. The minimum absolute atomic E-state index is 0.0894. The number of urea groups is 1. The number of likely N-dealkylation sites (N-methyl/N-ethyl adjacent to an activating group) is 2. The third kappa shape index (κ3) is 2.86. The standard InChI is InChI=1S/C20H14ClN3O4/c1-23-18(25)15(19(26)24(2)20(23)27)10-11-3-8-16-14(9-11)17(28-22-16)12-4-6-13(21)7-5-12/h3-10H,1-2H3. The minimum Gasteiger partial charge on any atom is -0.355 e. The number of aromatic nitrogens is 1. The summed E-state index contributed by atoms with van der Waals surface area (Å²) in [5.41, 5.74) is 1.96. The van der Waals surface area contributed by atoms with Gasteiger partial charge in [-0.15, -0.1) is 0 Å². The molecule has 0 saturated carbocycles. The van der Waals surface area contributed by atoms with Gasteiger partial charge in [0.25, 0.3) is 11.8 Å². The third-order valence-corrected chi connectivity index (χ3v) is 4.81. The van der Waals surface area contributed by atoms with E-state index in [4.69, 9.17) is 16.1 Å². The molecule has 1 fully saturated rings. The molecule has 4 amide bonds. The van der Waals surface area contributed by atoms with Gasteiger partial charge in [-0.25, -0.2) is 4.79 Å². The Morgan fingerprint density at radius 3 is 2.25 bits per heavy atom. The van der Waals surface area contributed by atoms with E-state index in [2.05, 4.69) is 5.16 Å². The summed E-state index contributed by atoms with van der Waals surface area (Å²) in [6.45, 7) is 0. The number of halogens is 1. The van der Waals surface area contributed by atoms with Crippen molar-refractivity contribution in [2.45, 2.75) is 0 Å². The van der Waals surface area contributed by atoms with Crippen molar-refractivity contribution in [1.82, 2.24) is 15.0 Å². The molecule has 0 bridgehead atoms. The molecule has 2 aromatic carbocycles. The van der Waals surface area contributed by atoms with Crippen molar-refractivity contribution in [3.05, 3.63) is 58.6 Å². The van der Waals surface area contributed by atoms with Crippen LogP contribution in [0, 0.1) is 0 Å². The first-order valence-corrected chi connectivity index (χ1v) is 8.72. The fraction of sp³-hybridized carbons (Fsp3) is 0.100. The second-order valence-electron chi connectivity index (χ2n) is 6.36. The van der Waals surface area contributed by atoms with Gasteiger partial charge in [0.15, 0.2) is 5.76 Å². The zero-order valence-electron chi connectivity index (χ0n) is 15.0. The lowest BCUT2D eigenvalue weighted by molar-refractivity contribution is -0.134. The second-order valence-corrected chi connectivity index (χ2v) is 6.80. The van der Waals surface area contributed by atoms with Crippen molar-refractivity contribution in [2.75, 3.05) is 14.1 Å². The fourth-order valence-corrected chi connectivity index (χ4v) is 3.13. The number of nitrogens with zero attached hydrogens (tertiary/aromatic N) is 3. The maximum atomic E-state index is 12.4. The number of carbonyl (C=O) groups is 3. The average Bonchev–Trinajstić information content (AvgIpc) is 3.12. The molecule has 1 aliphatic heterocycles. The number of carbonyl (C=O) groups excluding carboxylic acids is 3. The first kappa shape index (κ1) is 17.9. The molecule has 1 aromatic heterocycles. The van der Waals surface area contributed by atoms with E-state index in [1.807, 2.05) is 12.1 Å². The first-order valence-electron chi connectivity index (χ1n) is 8.34. The highest BCUT2D eigenvalue weighted by atomic mass is 35.5. The van der Waals surface area contributed by atoms with Crippen LogP contribution < -0.4 is 0 Å². The Labute approximate surface area is 164 Å². The fourth-order valence-electron chi connectivity index (χ4n) is 3.00. The number of hydrogen-bond donors (Lipinski definition) is 0. The lowest BCUT2D eigenvalue weighted by atomic mass is 10.0. The highest BCUT2D eigenvalue weighted by molar-refractivity contribution is 6.31. The number of hydrogen-bond acceptors (Lipinski definition) is 5. The van der Waals surface area contributed by atoms with Gasteiger partial charge in [0.1, 0.15) is 11.1 Å². The van der Waals surface area contributed by atoms with Crippen LogP contribution in [0.3, 0.4) is 0 Å². The molecule has 8 heteroatoms. The normalized spacial score (nSPS) is 15.0. The Morgan fingerprint density at radius 2 is 1.61 bits per heavy atom. The molecule has 0 radical (unpaired) electrons. The summed E-state index contributed by atoms with van der Waals surface area (Å²) < 4.78 is 5.47. The highest BCUT2D eigenvalue weighted by Crippen LogP contribution is 2.31. The topological polar surface area (TPSA) is 83.7 Å². The smallest absolute Gasteiger partial charge is 0.333 e. The lowest BCUT2D eigenvalue weighted by Crippen LogP contribution is -2.52. The molecule has 1 saturated heterocycles. The number of amides is 4. The van der Waals surface area contributed by atoms with Gasteiger partial charge in [0, 0.05) is 24.7 Å². The maximum absolute atomic E-state index is 12.4. The van der Waals surface area contributed by atoms with Gasteiger partial charge in [-0.2, -0.15) is 0 Å². The summed E-state index contributed by atoms with van der Waals surface area (Å²) in [5, 5.41) is 5.38. The Morgan fingerprint density at radius 1 is 0.964 bits per heavy atom. The quantitative estimate of drug-likeness (QED) is 0.489. The third-order valence-electron chi connectivity index (χ3n) is 4.56. The number of rotatable bonds is 2. The molecule has 140 valence electrons. The van der Waals surface area contributed by atoms with Crippen molar-refractivity contribution in [3.8, 4) is 11.3 Å². The predicted molar refractivity (Wildman–Crippen MR) is 103 cm³/mol. The van der Waals surface area contributed by atoms with Crippen LogP contribution in [0.1, 0.15) is 5.56 Å². The largest absolute Gasteiger partial charge is 0.355 e. The molecule has 0 atom stereocenters. The molecule has 3 aromatic rings. The maximum Gasteiger partial charge on any atom is 0.333 e. The summed E-state index contributed by atoms with van der Waals surface area (Å²) >= 11 is 5.94. The molecule has 0 N–H and O–H groups in total. The molecule has 7 nitrogen and oxygen atoms in total. The van der Waals surface area contributed by atoms with Crippen LogP contribution in [0.5, 0.6) is 0 Å². The number of fused-ring (bicyclic) bond motifs is 1. The lowest BCUT2D eigenvalue weighted by Gasteiger charge is -2.28. The van der Waals surface area contributed by atoms with Gasteiger partial charge in [-0.1, -0.05) is 22.8 Å². The van der Waals surface area contributed by atoms with Crippen LogP contribution in [0.25, 0.3) is 28.3 Å². The monoisotopic (exact) mass is 395 g/mol. The Kier molecular flexibility index (Phi) is 4.24. The van der Waals surface area contributed by atoms with Crippen molar-refractivity contribution in [2.24, 2.45) is 0 Å². The van der Waals surface area contributed by atoms with Gasteiger partial charge >= 0.3 is 6.03 Å². The van der Waals surface area contributed by atoms with Gasteiger partial charge < -0.3 is 4.52 Å². The Bertz CT molecular complexity index is 1140. The van der Waals surface area contributed by atoms with Crippen LogP contribution in [-0.2, 0) is 9.59 Å². The summed E-state index contributed by atoms with van der Waals surface area (Å²) in [6, 6.07) is 11.7.